The van der Waals surface area contributed by atoms with Crippen molar-refractivity contribution in [3.05, 3.63) is 0 Å². The molecule has 0 spiro atoms. The monoisotopic (exact) mass is 386 g/mol. The van der Waals surface area contributed by atoms with Crippen LogP contribution in [0.4, 0.5) is 0 Å². The highest BCUT2D eigenvalue weighted by Crippen LogP contribution is 2.38. The molecule has 5 heteroatoms. The molecule has 0 heterocycles. The Morgan fingerprint density at radius 2 is 1.42 bits per heavy atom. The number of nitrogens with one attached hydrogen (secondary N) is 2. The second kappa shape index (κ2) is 10.4. The fraction of sp³-hybridized carbons (Fsp3) is 1.00. The molecule has 0 bridgehead atoms. The summed E-state index contributed by atoms with van der Waals surface area (Å²) in [7, 11) is -3.19. The van der Waals surface area contributed by atoms with E-state index in [4.69, 9.17) is 0 Å². The van der Waals surface area contributed by atoms with Crippen molar-refractivity contribution in [3.8, 4) is 0 Å². The van der Waals surface area contributed by atoms with E-state index in [2.05, 4.69) is 10.0 Å². The van der Waals surface area contributed by atoms with Gasteiger partial charge < -0.3 is 5.32 Å². The molecule has 0 aromatic heterocycles. The Balaban J connectivity index is 1.61. The zero-order chi connectivity index (χ0) is 19.0. The first-order valence-corrected chi connectivity index (χ1v) is 12.5. The lowest BCUT2D eigenvalue weighted by Crippen LogP contribution is -2.42. The molecule has 2 unspecified atom stereocenters. The zero-order valence-corrected chi connectivity index (χ0v) is 18.2. The van der Waals surface area contributed by atoms with Crippen LogP contribution in [-0.2, 0) is 10.0 Å². The number of unbranched alkanes of at least 4 members (excludes halogenated alkanes) is 2. The normalized spacial score (nSPS) is 26.1. The zero-order valence-electron chi connectivity index (χ0n) is 17.4. The fourth-order valence-corrected chi connectivity index (χ4v) is 5.52. The van der Waals surface area contributed by atoms with Crippen molar-refractivity contribution < 1.29 is 8.42 Å². The van der Waals surface area contributed by atoms with Crippen LogP contribution in [0.3, 0.4) is 0 Å². The van der Waals surface area contributed by atoms with Crippen molar-refractivity contribution in [3.63, 3.8) is 0 Å². The lowest BCUT2D eigenvalue weighted by atomic mass is 9.71. The summed E-state index contributed by atoms with van der Waals surface area (Å²) in [6, 6.07) is 0.728. The topological polar surface area (TPSA) is 58.2 Å². The quantitative estimate of drug-likeness (QED) is 0.569. The molecule has 0 amide bonds. The van der Waals surface area contributed by atoms with E-state index >= 15 is 0 Å². The SMILES string of the molecule is CC(C)(C)S(=O)(=O)NCCCCCNC1CCCCC1C1CCCCC1. The molecule has 2 atom stereocenters. The summed E-state index contributed by atoms with van der Waals surface area (Å²) in [6.45, 7) is 6.87. The highest BCUT2D eigenvalue weighted by Gasteiger charge is 2.32. The molecule has 0 aromatic carbocycles. The summed E-state index contributed by atoms with van der Waals surface area (Å²) in [5.41, 5.74) is 0. The smallest absolute Gasteiger partial charge is 0.216 e. The van der Waals surface area contributed by atoms with E-state index < -0.39 is 14.8 Å². The first kappa shape index (κ1) is 22.2. The predicted molar refractivity (Wildman–Crippen MR) is 111 cm³/mol. The molecular formula is C21H42N2O2S. The average Bonchev–Trinajstić information content (AvgIpc) is 2.61. The van der Waals surface area contributed by atoms with E-state index in [1.165, 1.54) is 57.8 Å². The maximum Gasteiger partial charge on any atom is 0.216 e. The fourth-order valence-electron chi connectivity index (χ4n) is 4.68. The standard InChI is InChI=1S/C21H42N2O2S/c1-21(2,3)26(24,25)23-17-11-5-10-16-22-20-15-9-8-14-19(20)18-12-6-4-7-13-18/h18-20,22-23H,4-17H2,1-3H3. The third kappa shape index (κ3) is 6.79. The van der Waals surface area contributed by atoms with E-state index in [0.717, 1.165) is 43.7 Å². The van der Waals surface area contributed by atoms with Crippen molar-refractivity contribution in [1.82, 2.24) is 10.0 Å². The number of sulfonamides is 1. The van der Waals surface area contributed by atoms with E-state index in [9.17, 15) is 8.42 Å². The van der Waals surface area contributed by atoms with Crippen molar-refractivity contribution in [1.29, 1.82) is 0 Å². The molecule has 2 aliphatic carbocycles. The van der Waals surface area contributed by atoms with Gasteiger partial charge in [0.25, 0.3) is 0 Å². The van der Waals surface area contributed by atoms with Crippen LogP contribution >= 0.6 is 0 Å². The van der Waals surface area contributed by atoms with Gasteiger partial charge in [-0.3, -0.25) is 0 Å². The molecule has 26 heavy (non-hydrogen) atoms. The molecule has 2 rings (SSSR count). The molecular weight excluding hydrogens is 344 g/mol. The molecule has 0 radical (unpaired) electrons. The van der Waals surface area contributed by atoms with Crippen LogP contribution < -0.4 is 10.0 Å². The van der Waals surface area contributed by atoms with Crippen molar-refractivity contribution in [2.24, 2.45) is 11.8 Å². The van der Waals surface area contributed by atoms with Crippen LogP contribution in [0, 0.1) is 11.8 Å². The number of hydrogen-bond acceptors (Lipinski definition) is 3. The van der Waals surface area contributed by atoms with Gasteiger partial charge in [0.1, 0.15) is 0 Å². The minimum atomic E-state index is -3.19. The first-order chi connectivity index (χ1) is 12.3. The minimum Gasteiger partial charge on any atom is -0.314 e. The van der Waals surface area contributed by atoms with Crippen molar-refractivity contribution in [2.75, 3.05) is 13.1 Å². The molecule has 4 nitrogen and oxygen atoms in total. The summed E-state index contributed by atoms with van der Waals surface area (Å²) >= 11 is 0. The van der Waals surface area contributed by atoms with Gasteiger partial charge in [-0.2, -0.15) is 0 Å². The van der Waals surface area contributed by atoms with Gasteiger partial charge in [-0.15, -0.1) is 0 Å². The van der Waals surface area contributed by atoms with Gasteiger partial charge in [-0.1, -0.05) is 51.4 Å². The summed E-state index contributed by atoms with van der Waals surface area (Å²) < 4.78 is 26.0. The third-order valence-electron chi connectivity index (χ3n) is 6.43. The Bertz CT molecular complexity index is 493. The van der Waals surface area contributed by atoms with E-state index in [1.807, 2.05) is 0 Å². The second-order valence-electron chi connectivity index (χ2n) is 9.48. The number of rotatable bonds is 9. The Labute approximate surface area is 162 Å². The van der Waals surface area contributed by atoms with Gasteiger partial charge >= 0.3 is 0 Å². The van der Waals surface area contributed by atoms with Gasteiger partial charge in [0.2, 0.25) is 10.0 Å². The molecule has 154 valence electrons. The maximum absolute atomic E-state index is 12.0. The summed E-state index contributed by atoms with van der Waals surface area (Å²) in [6.07, 6.45) is 16.0. The highest BCUT2D eigenvalue weighted by atomic mass is 32.2. The van der Waals surface area contributed by atoms with E-state index in [-0.39, 0.29) is 0 Å². The highest BCUT2D eigenvalue weighted by molar-refractivity contribution is 7.90. The van der Waals surface area contributed by atoms with Crippen LogP contribution in [0.5, 0.6) is 0 Å². The minimum absolute atomic E-state index is 0.563. The van der Waals surface area contributed by atoms with Gasteiger partial charge in [-0.05, 0) is 64.8 Å². The lowest BCUT2D eigenvalue weighted by Gasteiger charge is -2.39. The van der Waals surface area contributed by atoms with Gasteiger partial charge in [0.15, 0.2) is 0 Å². The third-order valence-corrected chi connectivity index (χ3v) is 8.63. The van der Waals surface area contributed by atoms with Crippen LogP contribution in [-0.4, -0.2) is 32.3 Å². The molecule has 0 aromatic rings. The molecule has 0 aliphatic heterocycles. The van der Waals surface area contributed by atoms with Crippen molar-refractivity contribution in [2.45, 2.75) is 109 Å². The summed E-state index contributed by atoms with van der Waals surface area (Å²) in [4.78, 5) is 0. The molecule has 2 fully saturated rings. The average molecular weight is 387 g/mol. The van der Waals surface area contributed by atoms with Gasteiger partial charge in [0.05, 0.1) is 4.75 Å². The predicted octanol–water partition coefficient (Wildman–Crippen LogP) is 4.60. The van der Waals surface area contributed by atoms with Gasteiger partial charge in [-0.25, -0.2) is 13.1 Å². The Kier molecular flexibility index (Phi) is 8.89. The summed E-state index contributed by atoms with van der Waals surface area (Å²) in [5.74, 6) is 1.87. The van der Waals surface area contributed by atoms with Crippen LogP contribution in [0.25, 0.3) is 0 Å². The maximum atomic E-state index is 12.0. The Morgan fingerprint density at radius 1 is 0.808 bits per heavy atom. The largest absolute Gasteiger partial charge is 0.314 e. The molecule has 2 N–H and O–H groups in total. The van der Waals surface area contributed by atoms with Gasteiger partial charge in [0, 0.05) is 12.6 Å². The molecule has 2 aliphatic rings. The molecule has 2 saturated carbocycles. The summed E-state index contributed by atoms with van der Waals surface area (Å²) in [5, 5.41) is 3.86. The molecule has 0 saturated heterocycles. The Morgan fingerprint density at radius 3 is 2.12 bits per heavy atom. The first-order valence-electron chi connectivity index (χ1n) is 11.0. The van der Waals surface area contributed by atoms with Crippen LogP contribution in [0.2, 0.25) is 0 Å². The van der Waals surface area contributed by atoms with Crippen molar-refractivity contribution >= 4 is 10.0 Å². The van der Waals surface area contributed by atoms with E-state index in [1.54, 1.807) is 20.8 Å². The second-order valence-corrected chi connectivity index (χ2v) is 12.0. The lowest BCUT2D eigenvalue weighted by molar-refractivity contribution is 0.150. The van der Waals surface area contributed by atoms with Crippen LogP contribution in [0.1, 0.15) is 97.8 Å². The number of hydrogen-bond donors (Lipinski definition) is 2. The Hall–Kier alpha value is -0.130. The van der Waals surface area contributed by atoms with Crippen LogP contribution in [0.15, 0.2) is 0 Å². The van der Waals surface area contributed by atoms with E-state index in [0.29, 0.717) is 6.54 Å².